The van der Waals surface area contributed by atoms with E-state index in [1.807, 2.05) is 35.2 Å². The quantitative estimate of drug-likeness (QED) is 0.553. The van der Waals surface area contributed by atoms with Gasteiger partial charge in [0.1, 0.15) is 0 Å². The van der Waals surface area contributed by atoms with Crippen LogP contribution in [0.3, 0.4) is 0 Å². The van der Waals surface area contributed by atoms with Crippen LogP contribution in [-0.4, -0.2) is 28.2 Å². The lowest BCUT2D eigenvalue weighted by atomic mass is 10.3. The molecule has 0 spiro atoms. The van der Waals surface area contributed by atoms with Gasteiger partial charge in [-0.3, -0.25) is 13.9 Å². The number of nitrogens with zero attached hydrogens (tertiary/aromatic N) is 6. The SMILES string of the molecule is Cn1c(=O)c2c(ncn2CCCn2cnc3ccccc32)n(C)c1=O. The minimum atomic E-state index is -0.368. The lowest BCUT2D eigenvalue weighted by molar-refractivity contribution is 0.577. The molecule has 0 fully saturated rings. The smallest absolute Gasteiger partial charge is 0.331 e. The molecular formula is C17H18N6O2. The first-order valence-corrected chi connectivity index (χ1v) is 8.08. The maximum Gasteiger partial charge on any atom is 0.332 e. The topological polar surface area (TPSA) is 79.6 Å². The molecule has 0 saturated carbocycles. The van der Waals surface area contributed by atoms with Crippen molar-refractivity contribution in [3.63, 3.8) is 0 Å². The van der Waals surface area contributed by atoms with Crippen LogP contribution in [0.5, 0.6) is 0 Å². The van der Waals surface area contributed by atoms with E-state index < -0.39 is 0 Å². The number of benzene rings is 1. The molecule has 3 heterocycles. The van der Waals surface area contributed by atoms with Gasteiger partial charge in [0.2, 0.25) is 0 Å². The Morgan fingerprint density at radius 1 is 0.920 bits per heavy atom. The van der Waals surface area contributed by atoms with Gasteiger partial charge in [0.05, 0.1) is 23.7 Å². The highest BCUT2D eigenvalue weighted by molar-refractivity contribution is 5.74. The number of fused-ring (bicyclic) bond motifs is 2. The number of aryl methyl sites for hydroxylation is 3. The van der Waals surface area contributed by atoms with Gasteiger partial charge in [-0.05, 0) is 18.6 Å². The van der Waals surface area contributed by atoms with E-state index in [0.717, 1.165) is 28.6 Å². The Kier molecular flexibility index (Phi) is 3.52. The van der Waals surface area contributed by atoms with E-state index in [0.29, 0.717) is 17.7 Å². The molecule has 0 unspecified atom stereocenters. The van der Waals surface area contributed by atoms with Crippen LogP contribution >= 0.6 is 0 Å². The van der Waals surface area contributed by atoms with Crippen molar-refractivity contribution in [3.05, 3.63) is 57.8 Å². The van der Waals surface area contributed by atoms with Gasteiger partial charge in [-0.15, -0.1) is 0 Å². The fraction of sp³-hybridized carbons (Fsp3) is 0.294. The number of aromatic nitrogens is 6. The van der Waals surface area contributed by atoms with Crippen molar-refractivity contribution in [1.82, 2.24) is 28.2 Å². The van der Waals surface area contributed by atoms with Crippen molar-refractivity contribution in [2.45, 2.75) is 19.5 Å². The molecule has 0 amide bonds. The Labute approximate surface area is 142 Å². The van der Waals surface area contributed by atoms with Crippen molar-refractivity contribution < 1.29 is 0 Å². The third-order valence-corrected chi connectivity index (χ3v) is 4.54. The van der Waals surface area contributed by atoms with Gasteiger partial charge in [0, 0.05) is 27.2 Å². The van der Waals surface area contributed by atoms with Crippen LogP contribution in [0.4, 0.5) is 0 Å². The molecule has 0 saturated heterocycles. The molecule has 8 heteroatoms. The normalized spacial score (nSPS) is 11.6. The van der Waals surface area contributed by atoms with Gasteiger partial charge < -0.3 is 9.13 Å². The van der Waals surface area contributed by atoms with Crippen LogP contribution in [0.15, 0.2) is 46.5 Å². The standard InChI is InChI=1S/C17H18N6O2/c1-20-15-14(16(24)21(2)17(20)25)23(11-19-15)9-5-8-22-10-18-12-6-3-4-7-13(12)22/h3-4,6-7,10-11H,5,8-9H2,1-2H3. The second-order valence-electron chi connectivity index (χ2n) is 6.10. The summed E-state index contributed by atoms with van der Waals surface area (Å²) >= 11 is 0. The third kappa shape index (κ3) is 2.37. The molecule has 25 heavy (non-hydrogen) atoms. The molecule has 0 aliphatic heterocycles. The summed E-state index contributed by atoms with van der Waals surface area (Å²) < 4.78 is 6.43. The fourth-order valence-corrected chi connectivity index (χ4v) is 3.17. The van der Waals surface area contributed by atoms with Gasteiger partial charge in [0.15, 0.2) is 11.2 Å². The highest BCUT2D eigenvalue weighted by atomic mass is 16.2. The van der Waals surface area contributed by atoms with E-state index in [4.69, 9.17) is 0 Å². The maximum atomic E-state index is 12.4. The first-order valence-electron chi connectivity index (χ1n) is 8.08. The van der Waals surface area contributed by atoms with Crippen LogP contribution in [0.25, 0.3) is 22.2 Å². The van der Waals surface area contributed by atoms with Crippen LogP contribution in [0.2, 0.25) is 0 Å². The molecular weight excluding hydrogens is 320 g/mol. The molecule has 0 N–H and O–H groups in total. The Morgan fingerprint density at radius 3 is 2.48 bits per heavy atom. The monoisotopic (exact) mass is 338 g/mol. The molecule has 0 atom stereocenters. The molecule has 128 valence electrons. The fourth-order valence-electron chi connectivity index (χ4n) is 3.17. The van der Waals surface area contributed by atoms with Crippen molar-refractivity contribution >= 4 is 22.2 Å². The number of hydrogen-bond acceptors (Lipinski definition) is 4. The summed E-state index contributed by atoms with van der Waals surface area (Å²) in [4.78, 5) is 33.0. The van der Waals surface area contributed by atoms with Crippen LogP contribution in [-0.2, 0) is 27.2 Å². The van der Waals surface area contributed by atoms with Gasteiger partial charge in [-0.25, -0.2) is 14.8 Å². The molecule has 0 bridgehead atoms. The lowest BCUT2D eigenvalue weighted by Gasteiger charge is -2.07. The second kappa shape index (κ2) is 5.73. The van der Waals surface area contributed by atoms with Crippen molar-refractivity contribution in [2.24, 2.45) is 14.1 Å². The summed E-state index contributed by atoms with van der Waals surface area (Å²) in [5.74, 6) is 0. The molecule has 0 aliphatic rings. The molecule has 1 aromatic carbocycles. The van der Waals surface area contributed by atoms with E-state index in [1.54, 1.807) is 13.4 Å². The Hall–Kier alpha value is -3.16. The minimum Gasteiger partial charge on any atom is -0.331 e. The van der Waals surface area contributed by atoms with Gasteiger partial charge in [0.25, 0.3) is 5.56 Å². The van der Waals surface area contributed by atoms with Crippen molar-refractivity contribution in [2.75, 3.05) is 0 Å². The first-order chi connectivity index (χ1) is 12.1. The number of para-hydroxylation sites is 2. The Balaban J connectivity index is 1.62. The Morgan fingerprint density at radius 2 is 1.64 bits per heavy atom. The van der Waals surface area contributed by atoms with E-state index in [1.165, 1.54) is 11.6 Å². The van der Waals surface area contributed by atoms with Crippen LogP contribution in [0, 0.1) is 0 Å². The predicted molar refractivity (Wildman–Crippen MR) is 94.6 cm³/mol. The third-order valence-electron chi connectivity index (χ3n) is 4.54. The number of rotatable bonds is 4. The summed E-state index contributed by atoms with van der Waals surface area (Å²) in [5.41, 5.74) is 2.26. The van der Waals surface area contributed by atoms with Gasteiger partial charge in [-0.1, -0.05) is 12.1 Å². The summed E-state index contributed by atoms with van der Waals surface area (Å²) in [5, 5.41) is 0. The van der Waals surface area contributed by atoms with E-state index in [9.17, 15) is 9.59 Å². The average molecular weight is 338 g/mol. The lowest BCUT2D eigenvalue weighted by Crippen LogP contribution is -2.37. The molecule has 0 aliphatic carbocycles. The number of imidazole rings is 2. The summed E-state index contributed by atoms with van der Waals surface area (Å²) in [6.45, 7) is 1.42. The zero-order chi connectivity index (χ0) is 17.6. The largest absolute Gasteiger partial charge is 0.332 e. The second-order valence-corrected chi connectivity index (χ2v) is 6.10. The van der Waals surface area contributed by atoms with E-state index in [2.05, 4.69) is 14.5 Å². The number of hydrogen-bond donors (Lipinski definition) is 0. The summed E-state index contributed by atoms with van der Waals surface area (Å²) in [7, 11) is 3.11. The summed E-state index contributed by atoms with van der Waals surface area (Å²) in [6.07, 6.45) is 4.27. The summed E-state index contributed by atoms with van der Waals surface area (Å²) in [6, 6.07) is 7.99. The zero-order valence-corrected chi connectivity index (χ0v) is 14.1. The van der Waals surface area contributed by atoms with Crippen LogP contribution < -0.4 is 11.2 Å². The molecule has 4 rings (SSSR count). The van der Waals surface area contributed by atoms with Gasteiger partial charge >= 0.3 is 5.69 Å². The molecule has 8 nitrogen and oxygen atoms in total. The Bertz CT molecular complexity index is 1190. The average Bonchev–Trinajstić information content (AvgIpc) is 3.23. The van der Waals surface area contributed by atoms with Gasteiger partial charge in [-0.2, -0.15) is 0 Å². The van der Waals surface area contributed by atoms with Crippen LogP contribution in [0.1, 0.15) is 6.42 Å². The molecule has 3 aromatic heterocycles. The minimum absolute atomic E-state index is 0.316. The molecule has 4 aromatic rings. The van der Waals surface area contributed by atoms with E-state index >= 15 is 0 Å². The highest BCUT2D eigenvalue weighted by Gasteiger charge is 2.14. The maximum absolute atomic E-state index is 12.4. The van der Waals surface area contributed by atoms with Crippen molar-refractivity contribution in [1.29, 1.82) is 0 Å². The van der Waals surface area contributed by atoms with Crippen molar-refractivity contribution in [3.8, 4) is 0 Å². The van der Waals surface area contributed by atoms with E-state index in [-0.39, 0.29) is 11.2 Å². The predicted octanol–water partition coefficient (Wildman–Crippen LogP) is 0.874. The highest BCUT2D eigenvalue weighted by Crippen LogP contribution is 2.13. The first kappa shape index (κ1) is 15.4. The molecule has 0 radical (unpaired) electrons. The zero-order valence-electron chi connectivity index (χ0n) is 14.1.